The van der Waals surface area contributed by atoms with Gasteiger partial charge in [0.2, 0.25) is 5.91 Å². The minimum Gasteiger partial charge on any atom is -0.352 e. The van der Waals surface area contributed by atoms with Crippen molar-refractivity contribution in [2.45, 2.75) is 53.1 Å². The number of carbonyl (C=O) groups excluding carboxylic acids is 1. The van der Waals surface area contributed by atoms with Crippen molar-refractivity contribution in [1.82, 2.24) is 19.8 Å². The van der Waals surface area contributed by atoms with Crippen LogP contribution in [0, 0.1) is 34.6 Å². The molecule has 2 aromatic carbocycles. The zero-order valence-electron chi connectivity index (χ0n) is 23.2. The number of hydrogen-bond acceptors (Lipinski definition) is 3. The monoisotopic (exact) mass is 537 g/mol. The van der Waals surface area contributed by atoms with Gasteiger partial charge in [-0.05, 0) is 105 Å². The number of aryl methyl sites for hydroxylation is 4. The maximum absolute atomic E-state index is 13.0. The molecular weight excluding hydrogens is 502 g/mol. The lowest BCUT2D eigenvalue weighted by Gasteiger charge is -2.28. The smallest absolute Gasteiger partial charge is 0.226 e. The van der Waals surface area contributed by atoms with Crippen molar-refractivity contribution in [2.75, 3.05) is 11.9 Å². The summed E-state index contributed by atoms with van der Waals surface area (Å²) in [6, 6.07) is 22.4. The number of aromatic nitrogens is 2. The first-order valence-electron chi connectivity index (χ1n) is 13.3. The molecular formula is C32H35N5OS. The van der Waals surface area contributed by atoms with Crippen molar-refractivity contribution in [3.05, 3.63) is 112 Å². The van der Waals surface area contributed by atoms with E-state index in [1.165, 1.54) is 16.7 Å². The molecule has 5 rings (SSSR count). The van der Waals surface area contributed by atoms with E-state index in [0.29, 0.717) is 18.1 Å². The number of hydrogen-bond donors (Lipinski definition) is 2. The Labute approximate surface area is 236 Å². The van der Waals surface area contributed by atoms with Gasteiger partial charge in [0.05, 0.1) is 17.8 Å². The van der Waals surface area contributed by atoms with Gasteiger partial charge in [-0.3, -0.25) is 9.78 Å². The Morgan fingerprint density at radius 2 is 1.69 bits per heavy atom. The van der Waals surface area contributed by atoms with Gasteiger partial charge in [-0.1, -0.05) is 30.3 Å². The standard InChI is InChI=1S/C32H35N5OS/c1-20-16-21(2)18-25(17-20)37-23(4)19-26(24(37)5)31-30(28-12-8-9-14-33-28)35-32(39)36(31)15-13-29(38)34-27-11-7-6-10-22(27)3/h6-12,14,16-19,30-31H,13,15H2,1-5H3,(H,34,38)(H,35,39)/t30-,31+/m1/s1. The number of thiocarbonyl (C=S) groups is 1. The summed E-state index contributed by atoms with van der Waals surface area (Å²) in [6.07, 6.45) is 2.13. The van der Waals surface area contributed by atoms with Gasteiger partial charge in [0.25, 0.3) is 0 Å². The summed E-state index contributed by atoms with van der Waals surface area (Å²) in [4.78, 5) is 19.8. The Bertz CT molecular complexity index is 1510. The first kappa shape index (κ1) is 26.6. The van der Waals surface area contributed by atoms with Crippen LogP contribution in [0.4, 0.5) is 5.69 Å². The third-order valence-corrected chi connectivity index (χ3v) is 7.80. The molecule has 1 saturated heterocycles. The van der Waals surface area contributed by atoms with Crippen molar-refractivity contribution in [2.24, 2.45) is 0 Å². The van der Waals surface area contributed by atoms with E-state index in [-0.39, 0.29) is 18.0 Å². The molecule has 1 amide bonds. The van der Waals surface area contributed by atoms with Crippen LogP contribution in [-0.2, 0) is 4.79 Å². The normalized spacial score (nSPS) is 16.8. The van der Waals surface area contributed by atoms with Gasteiger partial charge >= 0.3 is 0 Å². The van der Waals surface area contributed by atoms with Crippen molar-refractivity contribution >= 4 is 28.9 Å². The highest BCUT2D eigenvalue weighted by atomic mass is 32.1. The number of nitrogens with zero attached hydrogens (tertiary/aromatic N) is 3. The van der Waals surface area contributed by atoms with Gasteiger partial charge in [0.1, 0.15) is 0 Å². The largest absolute Gasteiger partial charge is 0.352 e. The van der Waals surface area contributed by atoms with Crippen LogP contribution in [0.2, 0.25) is 0 Å². The number of amides is 1. The zero-order chi connectivity index (χ0) is 27.7. The molecule has 6 nitrogen and oxygen atoms in total. The number of pyridine rings is 1. The first-order valence-corrected chi connectivity index (χ1v) is 13.7. The van der Waals surface area contributed by atoms with E-state index in [2.05, 4.69) is 77.0 Å². The van der Waals surface area contributed by atoms with E-state index >= 15 is 0 Å². The van der Waals surface area contributed by atoms with E-state index in [1.54, 1.807) is 0 Å². The highest BCUT2D eigenvalue weighted by Crippen LogP contribution is 2.41. The fourth-order valence-electron chi connectivity index (χ4n) is 5.70. The van der Waals surface area contributed by atoms with Gasteiger partial charge < -0.3 is 20.1 Å². The van der Waals surface area contributed by atoms with Crippen LogP contribution in [-0.4, -0.2) is 32.0 Å². The summed E-state index contributed by atoms with van der Waals surface area (Å²) in [5.41, 5.74) is 9.90. The lowest BCUT2D eigenvalue weighted by atomic mass is 9.96. The second kappa shape index (κ2) is 11.0. The van der Waals surface area contributed by atoms with E-state index in [0.717, 1.165) is 34.0 Å². The summed E-state index contributed by atoms with van der Waals surface area (Å²) in [5.74, 6) is -0.0344. The molecule has 4 aromatic rings. The molecule has 0 unspecified atom stereocenters. The van der Waals surface area contributed by atoms with Crippen LogP contribution in [0.15, 0.2) is 72.9 Å². The van der Waals surface area contributed by atoms with E-state index in [1.807, 2.05) is 55.6 Å². The average molecular weight is 538 g/mol. The summed E-state index contributed by atoms with van der Waals surface area (Å²) < 4.78 is 2.31. The van der Waals surface area contributed by atoms with Crippen LogP contribution in [0.5, 0.6) is 0 Å². The van der Waals surface area contributed by atoms with Crippen LogP contribution >= 0.6 is 12.2 Å². The van der Waals surface area contributed by atoms with Gasteiger partial charge in [0.15, 0.2) is 5.11 Å². The average Bonchev–Trinajstić information content (AvgIpc) is 3.38. The van der Waals surface area contributed by atoms with Crippen molar-refractivity contribution in [3.8, 4) is 5.69 Å². The fraction of sp³-hybridized carbons (Fsp3) is 0.281. The predicted molar refractivity (Wildman–Crippen MR) is 161 cm³/mol. The lowest BCUT2D eigenvalue weighted by Crippen LogP contribution is -2.33. The maximum Gasteiger partial charge on any atom is 0.226 e. The Balaban J connectivity index is 1.49. The predicted octanol–water partition coefficient (Wildman–Crippen LogP) is 6.42. The molecule has 0 spiro atoms. The molecule has 1 fully saturated rings. The topological polar surface area (TPSA) is 62.2 Å². The number of nitrogens with one attached hydrogen (secondary N) is 2. The molecule has 7 heteroatoms. The second-order valence-corrected chi connectivity index (χ2v) is 10.8. The molecule has 1 aliphatic rings. The molecule has 0 radical (unpaired) electrons. The molecule has 2 atom stereocenters. The Hall–Kier alpha value is -3.97. The third-order valence-electron chi connectivity index (χ3n) is 7.45. The van der Waals surface area contributed by atoms with E-state index in [4.69, 9.17) is 12.2 Å². The molecule has 1 aliphatic heterocycles. The molecule has 39 heavy (non-hydrogen) atoms. The van der Waals surface area contributed by atoms with Crippen molar-refractivity contribution in [1.29, 1.82) is 0 Å². The summed E-state index contributed by atoms with van der Waals surface area (Å²) in [7, 11) is 0. The SMILES string of the molecule is Cc1cc(C)cc(-n2c(C)cc([C@H]3[C@@H](c4ccccn4)NC(=S)N3CCC(=O)Nc3ccccc3C)c2C)c1. The molecule has 2 aromatic heterocycles. The van der Waals surface area contributed by atoms with Gasteiger partial charge in [-0.2, -0.15) is 0 Å². The summed E-state index contributed by atoms with van der Waals surface area (Å²) in [5, 5.41) is 7.21. The molecule has 200 valence electrons. The van der Waals surface area contributed by atoms with Crippen molar-refractivity contribution in [3.63, 3.8) is 0 Å². The minimum atomic E-state index is -0.133. The lowest BCUT2D eigenvalue weighted by molar-refractivity contribution is -0.116. The van der Waals surface area contributed by atoms with Crippen LogP contribution in [0.1, 0.15) is 57.8 Å². The fourth-order valence-corrected chi connectivity index (χ4v) is 6.03. The van der Waals surface area contributed by atoms with Gasteiger partial charge in [-0.25, -0.2) is 0 Å². The Morgan fingerprint density at radius 1 is 0.974 bits per heavy atom. The Kier molecular flexibility index (Phi) is 7.53. The maximum atomic E-state index is 13.0. The summed E-state index contributed by atoms with van der Waals surface area (Å²) >= 11 is 5.86. The van der Waals surface area contributed by atoms with Gasteiger partial charge in [0, 0.05) is 41.9 Å². The van der Waals surface area contributed by atoms with E-state index < -0.39 is 0 Å². The van der Waals surface area contributed by atoms with Crippen LogP contribution in [0.3, 0.4) is 0 Å². The number of rotatable bonds is 7. The molecule has 0 bridgehead atoms. The number of benzene rings is 2. The quantitative estimate of drug-likeness (QED) is 0.267. The molecule has 0 saturated carbocycles. The molecule has 0 aliphatic carbocycles. The highest BCUT2D eigenvalue weighted by molar-refractivity contribution is 7.80. The number of para-hydroxylation sites is 1. The minimum absolute atomic E-state index is 0.0344. The van der Waals surface area contributed by atoms with Gasteiger partial charge in [-0.15, -0.1) is 0 Å². The van der Waals surface area contributed by atoms with Crippen LogP contribution in [0.25, 0.3) is 5.69 Å². The third kappa shape index (κ3) is 5.45. The zero-order valence-corrected chi connectivity index (χ0v) is 24.0. The molecule has 2 N–H and O–H groups in total. The number of anilines is 1. The molecule has 3 heterocycles. The number of carbonyl (C=O) groups is 1. The van der Waals surface area contributed by atoms with Crippen LogP contribution < -0.4 is 10.6 Å². The highest BCUT2D eigenvalue weighted by Gasteiger charge is 2.41. The van der Waals surface area contributed by atoms with Crippen molar-refractivity contribution < 1.29 is 4.79 Å². The summed E-state index contributed by atoms with van der Waals surface area (Å²) in [6.45, 7) is 11.1. The van der Waals surface area contributed by atoms with E-state index in [9.17, 15) is 4.79 Å². The second-order valence-electron chi connectivity index (χ2n) is 10.4. The first-order chi connectivity index (χ1) is 18.7. The Morgan fingerprint density at radius 3 is 2.38 bits per heavy atom.